The van der Waals surface area contributed by atoms with Gasteiger partial charge in [-0.25, -0.2) is 4.98 Å². The molecule has 38 heavy (non-hydrogen) atoms. The molecule has 0 aliphatic carbocycles. The maximum atomic E-state index is 13.4. The van der Waals surface area contributed by atoms with Gasteiger partial charge in [-0.3, -0.25) is 4.79 Å². The zero-order chi connectivity index (χ0) is 27.2. The van der Waals surface area contributed by atoms with Gasteiger partial charge in [-0.05, 0) is 71.7 Å². The van der Waals surface area contributed by atoms with Crippen molar-refractivity contribution in [2.45, 2.75) is 39.7 Å². The summed E-state index contributed by atoms with van der Waals surface area (Å²) in [6.45, 7) is 4.68. The molecule has 0 saturated heterocycles. The number of fused-ring (bicyclic) bond motifs is 1. The zero-order valence-corrected chi connectivity index (χ0v) is 25.5. The van der Waals surface area contributed by atoms with Crippen molar-refractivity contribution in [3.05, 3.63) is 94.8 Å². The molecule has 0 fully saturated rings. The lowest BCUT2D eigenvalue weighted by Crippen LogP contribution is -2.22. The number of aryl methyl sites for hydroxylation is 1. The summed E-state index contributed by atoms with van der Waals surface area (Å²) >= 11 is 19.3. The Bertz CT molecular complexity index is 1560. The SMILES string of the molecule is CCCCc1nc2ccc(Br)cc2c(=O)n1N=Cc1cc(OCC)c(OCc2ccc(Cl)cc2Cl)cc1Br. The van der Waals surface area contributed by atoms with Gasteiger partial charge in [0.1, 0.15) is 12.4 Å². The predicted octanol–water partition coefficient (Wildman–Crippen LogP) is 8.43. The van der Waals surface area contributed by atoms with E-state index in [1.807, 2.05) is 37.3 Å². The highest BCUT2D eigenvalue weighted by molar-refractivity contribution is 9.10. The minimum atomic E-state index is -0.223. The number of nitrogens with zero attached hydrogens (tertiary/aromatic N) is 3. The van der Waals surface area contributed by atoms with Crippen LogP contribution in [0, 0.1) is 0 Å². The largest absolute Gasteiger partial charge is 0.490 e. The van der Waals surface area contributed by atoms with Crippen LogP contribution in [0.15, 0.2) is 67.4 Å². The van der Waals surface area contributed by atoms with Crippen LogP contribution in [0.25, 0.3) is 10.9 Å². The van der Waals surface area contributed by atoms with Gasteiger partial charge in [0, 0.05) is 36.5 Å². The normalized spacial score (nSPS) is 11.4. The number of halogens is 4. The molecule has 0 bridgehead atoms. The molecule has 0 N–H and O–H groups in total. The molecule has 0 radical (unpaired) electrons. The average molecular weight is 682 g/mol. The fourth-order valence-corrected chi connectivity index (χ4v) is 5.00. The molecule has 4 rings (SSSR count). The Kier molecular flexibility index (Phi) is 9.87. The summed E-state index contributed by atoms with van der Waals surface area (Å²) in [6, 6.07) is 14.4. The quantitative estimate of drug-likeness (QED) is 0.158. The van der Waals surface area contributed by atoms with Gasteiger partial charge in [-0.15, -0.1) is 0 Å². The molecular formula is C28H25Br2Cl2N3O3. The highest BCUT2D eigenvalue weighted by atomic mass is 79.9. The highest BCUT2D eigenvalue weighted by Gasteiger charge is 2.14. The first-order chi connectivity index (χ1) is 18.3. The molecular weight excluding hydrogens is 657 g/mol. The van der Waals surface area contributed by atoms with E-state index >= 15 is 0 Å². The van der Waals surface area contributed by atoms with E-state index in [-0.39, 0.29) is 12.2 Å². The number of hydrogen-bond donors (Lipinski definition) is 0. The third kappa shape index (κ3) is 6.78. The number of aromatic nitrogens is 2. The Balaban J connectivity index is 1.69. The van der Waals surface area contributed by atoms with Gasteiger partial charge in [-0.2, -0.15) is 9.78 Å². The monoisotopic (exact) mass is 679 g/mol. The van der Waals surface area contributed by atoms with Crippen LogP contribution >= 0.6 is 55.1 Å². The molecule has 1 aromatic heterocycles. The van der Waals surface area contributed by atoms with E-state index in [1.54, 1.807) is 24.4 Å². The van der Waals surface area contributed by atoms with Crippen molar-refractivity contribution < 1.29 is 9.47 Å². The van der Waals surface area contributed by atoms with Crippen LogP contribution in [-0.2, 0) is 13.0 Å². The second kappa shape index (κ2) is 13.1. The van der Waals surface area contributed by atoms with Crippen LogP contribution in [0.3, 0.4) is 0 Å². The van der Waals surface area contributed by atoms with Crippen molar-refractivity contribution in [1.29, 1.82) is 0 Å². The number of benzene rings is 3. The molecule has 4 aromatic rings. The van der Waals surface area contributed by atoms with E-state index < -0.39 is 0 Å². The van der Waals surface area contributed by atoms with Gasteiger partial charge in [-0.1, -0.05) is 58.5 Å². The number of ether oxygens (including phenoxy) is 2. The first kappa shape index (κ1) is 28.6. The third-order valence-electron chi connectivity index (χ3n) is 5.70. The van der Waals surface area contributed by atoms with Crippen LogP contribution < -0.4 is 15.0 Å². The van der Waals surface area contributed by atoms with Crippen LogP contribution in [0.5, 0.6) is 11.5 Å². The molecule has 0 saturated carbocycles. The Morgan fingerprint density at radius 3 is 2.55 bits per heavy atom. The predicted molar refractivity (Wildman–Crippen MR) is 161 cm³/mol. The minimum Gasteiger partial charge on any atom is -0.490 e. The summed E-state index contributed by atoms with van der Waals surface area (Å²) in [5, 5.41) is 6.14. The second-order valence-corrected chi connectivity index (χ2v) is 11.0. The molecule has 0 amide bonds. The van der Waals surface area contributed by atoms with Gasteiger partial charge in [0.25, 0.3) is 5.56 Å². The van der Waals surface area contributed by atoms with Crippen molar-refractivity contribution in [2.75, 3.05) is 6.61 Å². The summed E-state index contributed by atoms with van der Waals surface area (Å²) in [5.41, 5.74) is 1.94. The zero-order valence-electron chi connectivity index (χ0n) is 20.8. The second-order valence-electron chi connectivity index (χ2n) is 8.43. The van der Waals surface area contributed by atoms with E-state index in [0.717, 1.165) is 27.4 Å². The maximum Gasteiger partial charge on any atom is 0.282 e. The molecule has 0 atom stereocenters. The molecule has 6 nitrogen and oxygen atoms in total. The summed E-state index contributed by atoms with van der Waals surface area (Å²) in [5.74, 6) is 1.70. The lowest BCUT2D eigenvalue weighted by molar-refractivity contribution is 0.269. The van der Waals surface area contributed by atoms with Gasteiger partial charge in [0.05, 0.1) is 23.7 Å². The van der Waals surface area contributed by atoms with E-state index in [4.69, 9.17) is 37.7 Å². The van der Waals surface area contributed by atoms with Crippen molar-refractivity contribution >= 4 is 72.2 Å². The van der Waals surface area contributed by atoms with Gasteiger partial charge in [0.15, 0.2) is 11.5 Å². The third-order valence-corrected chi connectivity index (χ3v) is 7.47. The van der Waals surface area contributed by atoms with E-state index in [9.17, 15) is 4.79 Å². The van der Waals surface area contributed by atoms with Crippen LogP contribution in [0.4, 0.5) is 0 Å². The molecule has 10 heteroatoms. The maximum absolute atomic E-state index is 13.4. The number of rotatable bonds is 10. The van der Waals surface area contributed by atoms with Crippen molar-refractivity contribution in [1.82, 2.24) is 9.66 Å². The van der Waals surface area contributed by atoms with Gasteiger partial charge >= 0.3 is 0 Å². The van der Waals surface area contributed by atoms with E-state index in [2.05, 4.69) is 43.9 Å². The van der Waals surface area contributed by atoms with Gasteiger partial charge < -0.3 is 9.47 Å². The number of hydrogen-bond acceptors (Lipinski definition) is 5. The van der Waals surface area contributed by atoms with Crippen LogP contribution in [0.1, 0.15) is 43.6 Å². The highest BCUT2D eigenvalue weighted by Crippen LogP contribution is 2.34. The first-order valence-corrected chi connectivity index (χ1v) is 14.4. The molecule has 0 unspecified atom stereocenters. The van der Waals surface area contributed by atoms with E-state index in [0.29, 0.717) is 56.9 Å². The Hall–Kier alpha value is -2.39. The summed E-state index contributed by atoms with van der Waals surface area (Å²) in [6.07, 6.45) is 4.13. The molecule has 0 aliphatic heterocycles. The fourth-order valence-electron chi connectivity index (χ4n) is 3.76. The Morgan fingerprint density at radius 2 is 1.82 bits per heavy atom. The summed E-state index contributed by atoms with van der Waals surface area (Å²) in [4.78, 5) is 18.1. The Morgan fingerprint density at radius 1 is 1.03 bits per heavy atom. The molecule has 0 aliphatic rings. The molecule has 198 valence electrons. The minimum absolute atomic E-state index is 0.223. The molecule has 0 spiro atoms. The van der Waals surface area contributed by atoms with Crippen LogP contribution in [0.2, 0.25) is 10.0 Å². The summed E-state index contributed by atoms with van der Waals surface area (Å²) < 4.78 is 14.8. The number of unbranched alkanes of at least 4 members (excludes halogenated alkanes) is 1. The lowest BCUT2D eigenvalue weighted by Gasteiger charge is -2.15. The van der Waals surface area contributed by atoms with Gasteiger partial charge in [0.2, 0.25) is 0 Å². The lowest BCUT2D eigenvalue weighted by atomic mass is 10.2. The standard InChI is InChI=1S/C28H25Br2Cl2N3O3/c1-3-5-6-27-34-24-10-8-19(29)12-21(24)28(36)35(27)33-15-18-11-25(37-4-2)26(14-22(18)30)38-16-17-7-9-20(31)13-23(17)32/h7-15H,3-6,16H2,1-2H3. The average Bonchev–Trinajstić information content (AvgIpc) is 2.89. The first-order valence-electron chi connectivity index (χ1n) is 12.1. The van der Waals surface area contributed by atoms with E-state index in [1.165, 1.54) is 4.68 Å². The fraction of sp³-hybridized carbons (Fsp3) is 0.250. The van der Waals surface area contributed by atoms with Crippen molar-refractivity contribution in [3.8, 4) is 11.5 Å². The van der Waals surface area contributed by atoms with Crippen LogP contribution in [-0.4, -0.2) is 22.5 Å². The summed E-state index contributed by atoms with van der Waals surface area (Å²) in [7, 11) is 0. The Labute approximate surface area is 247 Å². The smallest absolute Gasteiger partial charge is 0.282 e. The topological polar surface area (TPSA) is 65.7 Å². The molecule has 3 aromatic carbocycles. The van der Waals surface area contributed by atoms with Crippen molar-refractivity contribution in [3.63, 3.8) is 0 Å². The molecule has 1 heterocycles. The van der Waals surface area contributed by atoms with Crippen molar-refractivity contribution in [2.24, 2.45) is 5.10 Å².